The van der Waals surface area contributed by atoms with Crippen LogP contribution in [0.15, 0.2) is 29.6 Å². The van der Waals surface area contributed by atoms with Gasteiger partial charge in [-0.05, 0) is 12.1 Å². The van der Waals surface area contributed by atoms with Gasteiger partial charge in [-0.1, -0.05) is 23.7 Å². The van der Waals surface area contributed by atoms with E-state index in [9.17, 15) is 9.59 Å². The Hall–Kier alpha value is -2.32. The van der Waals surface area contributed by atoms with Gasteiger partial charge in [0, 0.05) is 44.6 Å². The average molecular weight is 406 g/mol. The Kier molecular flexibility index (Phi) is 5.18. The van der Waals surface area contributed by atoms with Crippen LogP contribution in [0.3, 0.4) is 0 Å². The lowest BCUT2D eigenvalue weighted by Crippen LogP contribution is -2.49. The van der Waals surface area contributed by atoms with Crippen LogP contribution in [-0.4, -0.2) is 61.1 Å². The van der Waals surface area contributed by atoms with Gasteiger partial charge < -0.3 is 15.1 Å². The van der Waals surface area contributed by atoms with Crippen LogP contribution in [0, 0.1) is 0 Å². The van der Waals surface area contributed by atoms with Gasteiger partial charge in [-0.15, -0.1) is 11.3 Å². The number of carbonyl (C=O) groups excluding carboxylic acids is 2. The molecule has 1 aromatic heterocycles. The summed E-state index contributed by atoms with van der Waals surface area (Å²) in [5, 5.41) is 6.00. The molecule has 0 aliphatic carbocycles. The molecule has 7 nitrogen and oxygen atoms in total. The van der Waals surface area contributed by atoms with E-state index in [2.05, 4.69) is 15.2 Å². The van der Waals surface area contributed by atoms with Gasteiger partial charge in [0.25, 0.3) is 0 Å². The number of halogens is 1. The summed E-state index contributed by atoms with van der Waals surface area (Å²) < 4.78 is 0. The smallest absolute Gasteiger partial charge is 0.323 e. The lowest BCUT2D eigenvalue weighted by molar-refractivity contribution is -0.130. The van der Waals surface area contributed by atoms with Crippen molar-refractivity contribution in [1.29, 1.82) is 0 Å². The molecule has 142 valence electrons. The number of piperazine rings is 1. The van der Waals surface area contributed by atoms with E-state index in [4.69, 9.17) is 11.6 Å². The highest BCUT2D eigenvalue weighted by atomic mass is 35.5. The molecule has 2 saturated heterocycles. The number of amides is 3. The van der Waals surface area contributed by atoms with E-state index in [1.54, 1.807) is 4.90 Å². The van der Waals surface area contributed by atoms with E-state index in [0.717, 1.165) is 23.8 Å². The van der Waals surface area contributed by atoms with Gasteiger partial charge in [0.15, 0.2) is 5.13 Å². The van der Waals surface area contributed by atoms with Crippen LogP contribution in [0.5, 0.6) is 0 Å². The first-order valence-corrected chi connectivity index (χ1v) is 10.1. The molecule has 27 heavy (non-hydrogen) atoms. The zero-order valence-electron chi connectivity index (χ0n) is 14.7. The standard InChI is InChI=1S/C18H20ClN5O2S/c19-14-3-1-2-4-15(14)22-7-9-23(10-8-22)16(25)11-13-12-27-18(21-13)24-6-5-20-17(24)26/h1-4,12H,5-11H2,(H,20,26). The van der Waals surface area contributed by atoms with Crippen molar-refractivity contribution < 1.29 is 9.59 Å². The van der Waals surface area contributed by atoms with Crippen molar-refractivity contribution in [3.63, 3.8) is 0 Å². The van der Waals surface area contributed by atoms with E-state index in [-0.39, 0.29) is 18.4 Å². The molecule has 0 radical (unpaired) electrons. The first-order valence-electron chi connectivity index (χ1n) is 8.89. The summed E-state index contributed by atoms with van der Waals surface area (Å²) >= 11 is 7.67. The molecule has 1 N–H and O–H groups in total. The van der Waals surface area contributed by atoms with Crippen LogP contribution >= 0.6 is 22.9 Å². The SMILES string of the molecule is O=C(Cc1csc(N2CCNC2=O)n1)N1CCN(c2ccccc2Cl)CC1. The summed E-state index contributed by atoms with van der Waals surface area (Å²) in [7, 11) is 0. The summed E-state index contributed by atoms with van der Waals surface area (Å²) in [5.41, 5.74) is 1.73. The van der Waals surface area contributed by atoms with E-state index in [1.165, 1.54) is 11.3 Å². The summed E-state index contributed by atoms with van der Waals surface area (Å²) in [6, 6.07) is 7.65. The minimum Gasteiger partial charge on any atom is -0.367 e. The molecule has 9 heteroatoms. The Morgan fingerprint density at radius 1 is 1.19 bits per heavy atom. The van der Waals surface area contributed by atoms with Crippen LogP contribution in [-0.2, 0) is 11.2 Å². The number of para-hydroxylation sites is 1. The van der Waals surface area contributed by atoms with Crippen LogP contribution in [0.4, 0.5) is 15.6 Å². The normalized spacial score (nSPS) is 17.4. The fraction of sp³-hybridized carbons (Fsp3) is 0.389. The summed E-state index contributed by atoms with van der Waals surface area (Å²) in [6.07, 6.45) is 0.262. The molecule has 3 amide bonds. The van der Waals surface area contributed by atoms with Crippen molar-refractivity contribution >= 4 is 45.7 Å². The van der Waals surface area contributed by atoms with Gasteiger partial charge in [0.2, 0.25) is 5.91 Å². The monoisotopic (exact) mass is 405 g/mol. The Morgan fingerprint density at radius 2 is 1.96 bits per heavy atom. The number of carbonyl (C=O) groups is 2. The number of anilines is 2. The predicted octanol–water partition coefficient (Wildman–Crippen LogP) is 2.22. The number of hydrogen-bond donors (Lipinski definition) is 1. The highest BCUT2D eigenvalue weighted by molar-refractivity contribution is 7.14. The first-order chi connectivity index (χ1) is 13.1. The van der Waals surface area contributed by atoms with E-state index < -0.39 is 0 Å². The fourth-order valence-corrected chi connectivity index (χ4v) is 4.43. The van der Waals surface area contributed by atoms with Crippen LogP contribution in [0.2, 0.25) is 5.02 Å². The lowest BCUT2D eigenvalue weighted by Gasteiger charge is -2.36. The summed E-state index contributed by atoms with van der Waals surface area (Å²) in [5.74, 6) is 0.0662. The molecule has 2 aliphatic rings. The molecule has 4 rings (SSSR count). The maximum atomic E-state index is 12.6. The van der Waals surface area contributed by atoms with Gasteiger partial charge in [-0.25, -0.2) is 9.78 Å². The quantitative estimate of drug-likeness (QED) is 0.846. The Morgan fingerprint density at radius 3 is 2.67 bits per heavy atom. The average Bonchev–Trinajstić information content (AvgIpc) is 3.31. The molecule has 0 unspecified atom stereocenters. The lowest BCUT2D eigenvalue weighted by atomic mass is 10.2. The van der Waals surface area contributed by atoms with Crippen molar-refractivity contribution in [2.45, 2.75) is 6.42 Å². The van der Waals surface area contributed by atoms with E-state index in [0.29, 0.717) is 37.0 Å². The minimum absolute atomic E-state index is 0.0662. The number of urea groups is 1. The summed E-state index contributed by atoms with van der Waals surface area (Å²) in [6.45, 7) is 4.08. The number of aromatic nitrogens is 1. The van der Waals surface area contributed by atoms with Gasteiger partial charge >= 0.3 is 6.03 Å². The zero-order valence-corrected chi connectivity index (χ0v) is 16.3. The summed E-state index contributed by atoms with van der Waals surface area (Å²) in [4.78, 5) is 34.5. The Labute approximate surface area is 166 Å². The molecule has 2 fully saturated rings. The fourth-order valence-electron chi connectivity index (χ4n) is 3.33. The molecule has 2 aliphatic heterocycles. The molecule has 1 aromatic carbocycles. The maximum absolute atomic E-state index is 12.6. The molecular formula is C18H20ClN5O2S. The number of rotatable bonds is 4. The van der Waals surface area contributed by atoms with Crippen LogP contribution in [0.1, 0.15) is 5.69 Å². The third kappa shape index (κ3) is 3.86. The van der Waals surface area contributed by atoms with Crippen LogP contribution in [0.25, 0.3) is 0 Å². The topological polar surface area (TPSA) is 68.8 Å². The largest absolute Gasteiger partial charge is 0.367 e. The number of thiazole rings is 1. The van der Waals surface area contributed by atoms with Crippen molar-refractivity contribution in [1.82, 2.24) is 15.2 Å². The molecule has 2 aromatic rings. The van der Waals surface area contributed by atoms with Crippen LogP contribution < -0.4 is 15.1 Å². The second-order valence-electron chi connectivity index (χ2n) is 6.50. The maximum Gasteiger partial charge on any atom is 0.323 e. The number of nitrogens with zero attached hydrogens (tertiary/aromatic N) is 4. The molecule has 0 bridgehead atoms. The van der Waals surface area contributed by atoms with E-state index >= 15 is 0 Å². The van der Waals surface area contributed by atoms with Crippen molar-refractivity contribution in [2.75, 3.05) is 49.1 Å². The van der Waals surface area contributed by atoms with Crippen molar-refractivity contribution in [2.24, 2.45) is 0 Å². The van der Waals surface area contributed by atoms with Gasteiger partial charge in [0.1, 0.15) is 0 Å². The first kappa shape index (κ1) is 18.1. The molecule has 0 atom stereocenters. The Balaban J connectivity index is 1.33. The van der Waals surface area contributed by atoms with Crippen molar-refractivity contribution in [3.8, 4) is 0 Å². The molecule has 0 spiro atoms. The number of benzene rings is 1. The minimum atomic E-state index is -0.127. The Bertz CT molecular complexity index is 850. The predicted molar refractivity (Wildman–Crippen MR) is 107 cm³/mol. The van der Waals surface area contributed by atoms with Crippen molar-refractivity contribution in [3.05, 3.63) is 40.4 Å². The van der Waals surface area contributed by atoms with Gasteiger partial charge in [-0.2, -0.15) is 0 Å². The van der Waals surface area contributed by atoms with E-state index in [1.807, 2.05) is 34.5 Å². The number of nitrogens with one attached hydrogen (secondary N) is 1. The third-order valence-corrected chi connectivity index (χ3v) is 6.02. The molecular weight excluding hydrogens is 386 g/mol. The van der Waals surface area contributed by atoms with Gasteiger partial charge in [-0.3, -0.25) is 9.69 Å². The van der Waals surface area contributed by atoms with Gasteiger partial charge in [0.05, 0.1) is 22.8 Å². The second kappa shape index (κ2) is 7.74. The molecule has 3 heterocycles. The third-order valence-electron chi connectivity index (χ3n) is 4.79. The molecule has 0 saturated carbocycles. The highest BCUT2D eigenvalue weighted by Crippen LogP contribution is 2.26. The highest BCUT2D eigenvalue weighted by Gasteiger charge is 2.26. The zero-order chi connectivity index (χ0) is 18.8. The number of hydrogen-bond acceptors (Lipinski definition) is 5. The second-order valence-corrected chi connectivity index (χ2v) is 7.74.